The van der Waals surface area contributed by atoms with Gasteiger partial charge in [-0.1, -0.05) is 79.0 Å². The van der Waals surface area contributed by atoms with Gasteiger partial charge < -0.3 is 10.2 Å². The van der Waals surface area contributed by atoms with Crippen LogP contribution in [0.15, 0.2) is 78.9 Å². The average Bonchev–Trinajstić information content (AvgIpc) is 3.44. The topological polar surface area (TPSA) is 92.6 Å². The zero-order valence-electron chi connectivity index (χ0n) is 21.6. The Kier molecular flexibility index (Phi) is 10.4. The van der Waals surface area contributed by atoms with Crippen molar-refractivity contribution in [3.63, 3.8) is 0 Å². The second-order valence-corrected chi connectivity index (χ2v) is 11.2. The van der Waals surface area contributed by atoms with Gasteiger partial charge >= 0.3 is 0 Å². The minimum atomic E-state index is -0.681. The number of carbonyl (C=O) groups excluding carboxylic acids is 2. The van der Waals surface area contributed by atoms with E-state index in [0.717, 1.165) is 42.4 Å². The Bertz CT molecular complexity index is 1270. The van der Waals surface area contributed by atoms with Crippen molar-refractivity contribution in [3.8, 4) is 0 Å². The van der Waals surface area contributed by atoms with Crippen molar-refractivity contribution in [2.24, 2.45) is 0 Å². The fourth-order valence-electron chi connectivity index (χ4n) is 4.81. The highest BCUT2D eigenvalue weighted by Gasteiger charge is 2.32. The summed E-state index contributed by atoms with van der Waals surface area (Å²) in [6.45, 7) is 0.257. The molecule has 3 aromatic rings. The SMILES string of the molecule is O=C(NC1CCCC1)[C@@H](Cc1ccccc1)N(Cc1cccc(Cl)c1)C(=O)CSCc1ccc([N+](=O)[O-])cc1. The molecule has 39 heavy (non-hydrogen) atoms. The van der Waals surface area contributed by atoms with Gasteiger partial charge in [-0.15, -0.1) is 11.8 Å². The van der Waals surface area contributed by atoms with E-state index in [1.807, 2.05) is 48.5 Å². The molecule has 9 heteroatoms. The number of halogens is 1. The van der Waals surface area contributed by atoms with Gasteiger partial charge in [0, 0.05) is 41.9 Å². The van der Waals surface area contributed by atoms with Crippen LogP contribution in [0.2, 0.25) is 5.02 Å². The largest absolute Gasteiger partial charge is 0.352 e. The molecule has 0 saturated heterocycles. The molecule has 0 heterocycles. The number of amides is 2. The van der Waals surface area contributed by atoms with Gasteiger partial charge in [0.25, 0.3) is 5.69 Å². The summed E-state index contributed by atoms with van der Waals surface area (Å²) in [7, 11) is 0. The van der Waals surface area contributed by atoms with Crippen molar-refractivity contribution in [1.29, 1.82) is 0 Å². The Morgan fingerprint density at radius 2 is 1.67 bits per heavy atom. The summed E-state index contributed by atoms with van der Waals surface area (Å²) in [6, 6.07) is 22.9. The Labute approximate surface area is 238 Å². The fraction of sp³-hybridized carbons (Fsp3) is 0.333. The molecule has 0 spiro atoms. The zero-order chi connectivity index (χ0) is 27.6. The minimum Gasteiger partial charge on any atom is -0.352 e. The third-order valence-corrected chi connectivity index (χ3v) is 8.08. The standard InChI is InChI=1S/C30H32ClN3O4S/c31-25-10-6-9-24(17-25)19-33(29(35)21-39-20-23-13-15-27(16-14-23)34(37)38)28(18-22-7-2-1-3-8-22)30(36)32-26-11-4-5-12-26/h1-3,6-10,13-17,26,28H,4-5,11-12,18-21H2,(H,32,36)/t28-/m1/s1. The average molecular weight is 566 g/mol. The maximum Gasteiger partial charge on any atom is 0.269 e. The molecule has 0 radical (unpaired) electrons. The summed E-state index contributed by atoms with van der Waals surface area (Å²) in [4.78, 5) is 39.6. The Morgan fingerprint density at radius 3 is 2.33 bits per heavy atom. The number of nitro benzene ring substituents is 1. The predicted molar refractivity (Wildman–Crippen MR) is 156 cm³/mol. The number of benzene rings is 3. The van der Waals surface area contributed by atoms with Crippen LogP contribution in [0.5, 0.6) is 0 Å². The molecule has 1 aliphatic carbocycles. The van der Waals surface area contributed by atoms with Crippen LogP contribution in [0, 0.1) is 10.1 Å². The maximum atomic E-state index is 13.7. The Morgan fingerprint density at radius 1 is 0.974 bits per heavy atom. The molecule has 0 aromatic heterocycles. The van der Waals surface area contributed by atoms with Gasteiger partial charge in [0.1, 0.15) is 6.04 Å². The number of nitro groups is 1. The smallest absolute Gasteiger partial charge is 0.269 e. The first kappa shape index (κ1) is 28.6. The number of nitrogens with zero attached hydrogens (tertiary/aromatic N) is 2. The summed E-state index contributed by atoms with van der Waals surface area (Å²) in [6.07, 6.45) is 4.50. The van der Waals surface area contributed by atoms with E-state index in [-0.39, 0.29) is 35.8 Å². The van der Waals surface area contributed by atoms with Crippen LogP contribution in [0.1, 0.15) is 42.4 Å². The molecule has 2 amide bonds. The van der Waals surface area contributed by atoms with Gasteiger partial charge in [0.15, 0.2) is 0 Å². The lowest BCUT2D eigenvalue weighted by molar-refractivity contribution is -0.384. The summed E-state index contributed by atoms with van der Waals surface area (Å²) in [5.41, 5.74) is 2.75. The van der Waals surface area contributed by atoms with E-state index in [4.69, 9.17) is 11.6 Å². The van der Waals surface area contributed by atoms with Crippen LogP contribution in [-0.4, -0.2) is 39.5 Å². The second kappa shape index (κ2) is 14.1. The fourth-order valence-corrected chi connectivity index (χ4v) is 5.89. The van der Waals surface area contributed by atoms with Gasteiger partial charge in [-0.05, 0) is 41.7 Å². The first-order chi connectivity index (χ1) is 18.9. The first-order valence-electron chi connectivity index (χ1n) is 13.1. The quantitative estimate of drug-likeness (QED) is 0.209. The predicted octanol–water partition coefficient (Wildman–Crippen LogP) is 6.18. The summed E-state index contributed by atoms with van der Waals surface area (Å²) < 4.78 is 0. The van der Waals surface area contributed by atoms with Crippen molar-refractivity contribution < 1.29 is 14.5 Å². The molecule has 1 saturated carbocycles. The van der Waals surface area contributed by atoms with Crippen LogP contribution in [0.3, 0.4) is 0 Å². The van der Waals surface area contributed by atoms with Gasteiger partial charge in [0.05, 0.1) is 10.7 Å². The number of hydrogen-bond donors (Lipinski definition) is 1. The molecule has 4 rings (SSSR count). The van der Waals surface area contributed by atoms with Crippen LogP contribution < -0.4 is 5.32 Å². The van der Waals surface area contributed by atoms with Gasteiger partial charge in [-0.2, -0.15) is 0 Å². The summed E-state index contributed by atoms with van der Waals surface area (Å²) in [5, 5.41) is 14.7. The number of carbonyl (C=O) groups is 2. The third kappa shape index (κ3) is 8.57. The molecule has 1 N–H and O–H groups in total. The van der Waals surface area contributed by atoms with Crippen molar-refractivity contribution in [3.05, 3.63) is 111 Å². The van der Waals surface area contributed by atoms with E-state index in [9.17, 15) is 19.7 Å². The van der Waals surface area contributed by atoms with E-state index in [1.54, 1.807) is 23.1 Å². The van der Waals surface area contributed by atoms with E-state index < -0.39 is 11.0 Å². The zero-order valence-corrected chi connectivity index (χ0v) is 23.2. The van der Waals surface area contributed by atoms with E-state index in [2.05, 4.69) is 5.32 Å². The number of nitrogens with one attached hydrogen (secondary N) is 1. The molecular weight excluding hydrogens is 534 g/mol. The van der Waals surface area contributed by atoms with Gasteiger partial charge in [-0.25, -0.2) is 0 Å². The lowest BCUT2D eigenvalue weighted by Crippen LogP contribution is -2.52. The van der Waals surface area contributed by atoms with E-state index in [1.165, 1.54) is 23.9 Å². The molecular formula is C30H32ClN3O4S. The first-order valence-corrected chi connectivity index (χ1v) is 14.6. The van der Waals surface area contributed by atoms with Crippen LogP contribution >= 0.6 is 23.4 Å². The van der Waals surface area contributed by atoms with Gasteiger partial charge in [-0.3, -0.25) is 19.7 Å². The number of hydrogen-bond acceptors (Lipinski definition) is 5. The van der Waals surface area contributed by atoms with Crippen LogP contribution in [-0.2, 0) is 28.3 Å². The lowest BCUT2D eigenvalue weighted by Gasteiger charge is -2.32. The molecule has 7 nitrogen and oxygen atoms in total. The van der Waals surface area contributed by atoms with Crippen LogP contribution in [0.4, 0.5) is 5.69 Å². The monoisotopic (exact) mass is 565 g/mol. The van der Waals surface area contributed by atoms with Crippen molar-refractivity contribution in [2.45, 2.75) is 56.5 Å². The molecule has 0 unspecified atom stereocenters. The van der Waals surface area contributed by atoms with Crippen molar-refractivity contribution in [1.82, 2.24) is 10.2 Å². The molecule has 204 valence electrons. The lowest BCUT2D eigenvalue weighted by atomic mass is 10.0. The second-order valence-electron chi connectivity index (χ2n) is 9.76. The molecule has 0 aliphatic heterocycles. The Hall–Kier alpha value is -3.36. The molecule has 1 fully saturated rings. The number of non-ortho nitro benzene ring substituents is 1. The summed E-state index contributed by atoms with van der Waals surface area (Å²) >= 11 is 7.67. The van der Waals surface area contributed by atoms with Crippen molar-refractivity contribution >= 4 is 40.9 Å². The summed E-state index contributed by atoms with van der Waals surface area (Å²) in [5.74, 6) is 0.400. The van der Waals surface area contributed by atoms with E-state index >= 15 is 0 Å². The van der Waals surface area contributed by atoms with Crippen LogP contribution in [0.25, 0.3) is 0 Å². The maximum absolute atomic E-state index is 13.7. The Balaban J connectivity index is 1.54. The highest BCUT2D eigenvalue weighted by Crippen LogP contribution is 2.23. The molecule has 1 aliphatic rings. The normalized spacial score (nSPS) is 14.1. The molecule has 1 atom stereocenters. The van der Waals surface area contributed by atoms with Crippen molar-refractivity contribution in [2.75, 3.05) is 5.75 Å². The highest BCUT2D eigenvalue weighted by atomic mass is 35.5. The minimum absolute atomic E-state index is 0.0320. The third-order valence-electron chi connectivity index (χ3n) is 6.86. The molecule has 0 bridgehead atoms. The number of rotatable bonds is 12. The molecule has 3 aromatic carbocycles. The number of thioether (sulfide) groups is 1. The van der Waals surface area contributed by atoms with Gasteiger partial charge in [0.2, 0.25) is 11.8 Å². The highest BCUT2D eigenvalue weighted by molar-refractivity contribution is 7.99. The van der Waals surface area contributed by atoms with E-state index in [0.29, 0.717) is 17.2 Å².